The van der Waals surface area contributed by atoms with E-state index in [1.807, 2.05) is 44.2 Å². The van der Waals surface area contributed by atoms with Crippen LogP contribution in [0.15, 0.2) is 108 Å². The normalized spacial score (nSPS) is 12.0. The minimum Gasteiger partial charge on any atom is -0.497 e. The lowest BCUT2D eigenvalue weighted by molar-refractivity contribution is -0.140. The van der Waals surface area contributed by atoms with Crippen LogP contribution in [0.1, 0.15) is 25.0 Å². The van der Waals surface area contributed by atoms with Gasteiger partial charge in [0.25, 0.3) is 10.0 Å². The molecule has 0 saturated carbocycles. The number of anilines is 1. The van der Waals surface area contributed by atoms with E-state index in [0.717, 1.165) is 15.4 Å². The molecule has 4 rings (SSSR count). The van der Waals surface area contributed by atoms with Crippen molar-refractivity contribution in [1.29, 1.82) is 0 Å². The van der Waals surface area contributed by atoms with E-state index in [-0.39, 0.29) is 35.4 Å². The van der Waals surface area contributed by atoms with E-state index in [1.165, 1.54) is 48.4 Å². The smallest absolute Gasteiger partial charge is 0.264 e. The molecule has 8 nitrogen and oxygen atoms in total. The number of sulfonamides is 1. The average Bonchev–Trinajstić information content (AvgIpc) is 3.05. The Kier molecular flexibility index (Phi) is 12.1. The van der Waals surface area contributed by atoms with Gasteiger partial charge < -0.3 is 15.0 Å². The quantitative estimate of drug-likeness (QED) is 0.162. The lowest BCUT2D eigenvalue weighted by Crippen LogP contribution is -2.53. The number of nitrogens with zero attached hydrogens (tertiary/aromatic N) is 2. The summed E-state index contributed by atoms with van der Waals surface area (Å²) in [7, 11) is -2.77. The van der Waals surface area contributed by atoms with E-state index in [9.17, 15) is 18.0 Å². The Morgan fingerprint density at radius 2 is 1.39 bits per heavy atom. The maximum Gasteiger partial charge on any atom is 0.264 e. The molecule has 0 heterocycles. The van der Waals surface area contributed by atoms with Crippen LogP contribution in [0.5, 0.6) is 5.75 Å². The van der Waals surface area contributed by atoms with Gasteiger partial charge in [-0.05, 0) is 77.7 Å². The highest BCUT2D eigenvalue weighted by molar-refractivity contribution is 7.92. The Bertz CT molecular complexity index is 1700. The predicted octanol–water partition coefficient (Wildman–Crippen LogP) is 6.61. The second kappa shape index (κ2) is 16.0. The molecule has 4 aromatic rings. The van der Waals surface area contributed by atoms with Crippen molar-refractivity contribution in [3.63, 3.8) is 0 Å². The number of rotatable bonds is 14. The molecule has 0 aliphatic carbocycles. The summed E-state index contributed by atoms with van der Waals surface area (Å²) in [4.78, 5) is 29.7. The minimum absolute atomic E-state index is 0.0317. The van der Waals surface area contributed by atoms with Crippen molar-refractivity contribution in [1.82, 2.24) is 10.2 Å². The molecule has 0 aromatic heterocycles. The first-order chi connectivity index (χ1) is 22.0. The summed E-state index contributed by atoms with van der Waals surface area (Å²) in [6, 6.07) is 27.5. The Morgan fingerprint density at radius 3 is 1.96 bits per heavy atom. The number of hydrogen-bond acceptors (Lipinski definition) is 5. The van der Waals surface area contributed by atoms with Crippen molar-refractivity contribution in [2.45, 2.75) is 37.8 Å². The molecule has 242 valence electrons. The second-order valence-corrected chi connectivity index (χ2v) is 13.9. The third-order valence-electron chi connectivity index (χ3n) is 7.26. The predicted molar refractivity (Wildman–Crippen MR) is 183 cm³/mol. The summed E-state index contributed by atoms with van der Waals surface area (Å²) >= 11 is 12.3. The van der Waals surface area contributed by atoms with Crippen molar-refractivity contribution in [3.05, 3.63) is 124 Å². The Hall–Kier alpha value is -4.05. The number of carbonyl (C=O) groups excluding carboxylic acids is 2. The van der Waals surface area contributed by atoms with E-state index in [4.69, 9.17) is 27.9 Å². The van der Waals surface area contributed by atoms with Crippen molar-refractivity contribution in [2.75, 3.05) is 24.5 Å². The fourth-order valence-electron chi connectivity index (χ4n) is 4.77. The molecular weight excluding hydrogens is 645 g/mol. The third kappa shape index (κ3) is 9.25. The number of hydrogen-bond donors (Lipinski definition) is 1. The highest BCUT2D eigenvalue weighted by atomic mass is 35.5. The van der Waals surface area contributed by atoms with Crippen LogP contribution in [-0.2, 0) is 32.6 Å². The van der Waals surface area contributed by atoms with Crippen LogP contribution in [0.25, 0.3) is 0 Å². The summed E-state index contributed by atoms with van der Waals surface area (Å²) in [5.41, 5.74) is 1.81. The molecule has 11 heteroatoms. The van der Waals surface area contributed by atoms with Crippen LogP contribution in [-0.4, -0.2) is 51.4 Å². The second-order valence-electron chi connectivity index (χ2n) is 11.2. The fraction of sp³-hybridized carbons (Fsp3) is 0.257. The summed E-state index contributed by atoms with van der Waals surface area (Å²) in [5, 5.41) is 3.91. The lowest BCUT2D eigenvalue weighted by Gasteiger charge is -2.34. The average molecular weight is 683 g/mol. The number of amides is 2. The molecule has 4 aromatic carbocycles. The van der Waals surface area contributed by atoms with Crippen LogP contribution >= 0.6 is 23.2 Å². The number of benzene rings is 4. The van der Waals surface area contributed by atoms with E-state index >= 15 is 0 Å². The van der Waals surface area contributed by atoms with Crippen LogP contribution < -0.4 is 14.4 Å². The van der Waals surface area contributed by atoms with E-state index in [1.54, 1.807) is 36.4 Å². The van der Waals surface area contributed by atoms with Crippen molar-refractivity contribution in [3.8, 4) is 5.75 Å². The summed E-state index contributed by atoms with van der Waals surface area (Å²) in [6.45, 7) is 3.84. The highest BCUT2D eigenvalue weighted by Gasteiger charge is 2.34. The van der Waals surface area contributed by atoms with E-state index in [2.05, 4.69) is 5.32 Å². The van der Waals surface area contributed by atoms with Gasteiger partial charge >= 0.3 is 0 Å². The van der Waals surface area contributed by atoms with E-state index < -0.39 is 28.5 Å². The summed E-state index contributed by atoms with van der Waals surface area (Å²) in [6.07, 6.45) is 0.219. The number of halogens is 2. The van der Waals surface area contributed by atoms with Gasteiger partial charge in [-0.25, -0.2) is 8.42 Å². The largest absolute Gasteiger partial charge is 0.497 e. The van der Waals surface area contributed by atoms with Gasteiger partial charge in [-0.3, -0.25) is 13.9 Å². The van der Waals surface area contributed by atoms with Crippen LogP contribution in [0.4, 0.5) is 5.69 Å². The van der Waals surface area contributed by atoms with Gasteiger partial charge in [-0.2, -0.15) is 0 Å². The standard InChI is InChI=1S/C35H37Cl2N3O5S/c1-25(2)22-38-35(42)33(21-26-7-5-4-6-8-26)39(23-27-9-11-28(36)12-10-27)34(41)24-40(30-15-13-29(37)14-16-30)46(43,44)32-19-17-31(45-3)18-20-32/h4-20,25,33H,21-24H2,1-3H3,(H,38,42). The Balaban J connectivity index is 1.79. The van der Waals surface area contributed by atoms with Crippen molar-refractivity contribution < 1.29 is 22.7 Å². The molecule has 0 radical (unpaired) electrons. The van der Waals surface area contributed by atoms with Gasteiger partial charge in [0.2, 0.25) is 11.8 Å². The molecule has 1 unspecified atom stereocenters. The molecule has 0 aliphatic rings. The topological polar surface area (TPSA) is 96.0 Å². The first-order valence-electron chi connectivity index (χ1n) is 14.8. The highest BCUT2D eigenvalue weighted by Crippen LogP contribution is 2.27. The van der Waals surface area contributed by atoms with Crippen molar-refractivity contribution in [2.24, 2.45) is 5.92 Å². The maximum atomic E-state index is 14.5. The monoisotopic (exact) mass is 681 g/mol. The molecule has 0 aliphatic heterocycles. The number of methoxy groups -OCH3 is 1. The zero-order valence-electron chi connectivity index (χ0n) is 25.9. The van der Waals surface area contributed by atoms with Gasteiger partial charge in [0.05, 0.1) is 17.7 Å². The van der Waals surface area contributed by atoms with Crippen LogP contribution in [0.2, 0.25) is 10.0 Å². The third-order valence-corrected chi connectivity index (χ3v) is 9.55. The first kappa shape index (κ1) is 34.8. The molecule has 1 atom stereocenters. The first-order valence-corrected chi connectivity index (χ1v) is 17.0. The summed E-state index contributed by atoms with van der Waals surface area (Å²) < 4.78 is 34.5. The van der Waals surface area contributed by atoms with Gasteiger partial charge in [-0.15, -0.1) is 0 Å². The zero-order valence-corrected chi connectivity index (χ0v) is 28.2. The van der Waals surface area contributed by atoms with E-state index in [0.29, 0.717) is 22.3 Å². The Labute approximate surface area is 280 Å². The zero-order chi connectivity index (χ0) is 33.3. The van der Waals surface area contributed by atoms with Crippen LogP contribution in [0, 0.1) is 5.92 Å². The molecule has 2 amide bonds. The van der Waals surface area contributed by atoms with Gasteiger partial charge in [0.1, 0.15) is 18.3 Å². The van der Waals surface area contributed by atoms with Gasteiger partial charge in [0.15, 0.2) is 0 Å². The summed E-state index contributed by atoms with van der Waals surface area (Å²) in [5.74, 6) is -0.242. The molecule has 46 heavy (non-hydrogen) atoms. The molecule has 1 N–H and O–H groups in total. The van der Waals surface area contributed by atoms with Gasteiger partial charge in [-0.1, -0.05) is 79.5 Å². The molecular formula is C35H37Cl2N3O5S. The minimum atomic E-state index is -4.26. The van der Waals surface area contributed by atoms with Gasteiger partial charge in [0, 0.05) is 29.6 Å². The Morgan fingerprint density at radius 1 is 0.804 bits per heavy atom. The molecule has 0 spiro atoms. The van der Waals surface area contributed by atoms with Crippen molar-refractivity contribution >= 4 is 50.7 Å². The lowest BCUT2D eigenvalue weighted by atomic mass is 10.0. The maximum absolute atomic E-state index is 14.5. The number of nitrogens with one attached hydrogen (secondary N) is 1. The van der Waals surface area contributed by atoms with Crippen LogP contribution in [0.3, 0.4) is 0 Å². The molecule has 0 bridgehead atoms. The SMILES string of the molecule is COc1ccc(S(=O)(=O)N(CC(=O)N(Cc2ccc(Cl)cc2)C(Cc2ccccc2)C(=O)NCC(C)C)c2ccc(Cl)cc2)cc1. The fourth-order valence-corrected chi connectivity index (χ4v) is 6.44. The number of ether oxygens (including phenoxy) is 1. The molecule has 0 fully saturated rings. The molecule has 0 saturated heterocycles. The number of carbonyl (C=O) groups is 2.